The second-order valence-electron chi connectivity index (χ2n) is 5.40. The summed E-state index contributed by atoms with van der Waals surface area (Å²) in [5.74, 6) is -1.09. The van der Waals surface area contributed by atoms with E-state index in [4.69, 9.17) is 0 Å². The van der Waals surface area contributed by atoms with Crippen LogP contribution in [0.15, 0.2) is 0 Å². The highest BCUT2D eigenvalue weighted by atomic mass is 16.4. The van der Waals surface area contributed by atoms with Crippen LogP contribution in [0, 0.1) is 5.41 Å². The first-order valence-electron chi connectivity index (χ1n) is 6.67. The zero-order valence-electron chi connectivity index (χ0n) is 11.5. The molecule has 1 rings (SSSR count). The molecule has 0 spiro atoms. The first-order valence-corrected chi connectivity index (χ1v) is 6.67. The number of rotatable bonds is 6. The van der Waals surface area contributed by atoms with Crippen LogP contribution in [0.25, 0.3) is 0 Å². The van der Waals surface area contributed by atoms with Crippen molar-refractivity contribution < 1.29 is 14.7 Å². The Kier molecular flexibility index (Phi) is 4.73. The van der Waals surface area contributed by atoms with E-state index in [1.807, 2.05) is 13.8 Å². The summed E-state index contributed by atoms with van der Waals surface area (Å²) >= 11 is 0. The van der Waals surface area contributed by atoms with E-state index >= 15 is 0 Å². The highest BCUT2D eigenvalue weighted by Gasteiger charge is 2.44. The summed E-state index contributed by atoms with van der Waals surface area (Å²) in [6, 6.07) is 0. The number of carbonyl (C=O) groups is 2. The SMILES string of the molecule is CCCC(C)(NC(=O)C1(CC)CCNC1)C(=O)O. The number of hydrogen-bond acceptors (Lipinski definition) is 3. The molecule has 1 aliphatic heterocycles. The molecule has 5 nitrogen and oxygen atoms in total. The van der Waals surface area contributed by atoms with Gasteiger partial charge in [0.2, 0.25) is 5.91 Å². The molecule has 0 aliphatic carbocycles. The largest absolute Gasteiger partial charge is 0.480 e. The molecule has 3 N–H and O–H groups in total. The number of hydrogen-bond donors (Lipinski definition) is 3. The maximum absolute atomic E-state index is 12.4. The van der Waals surface area contributed by atoms with Gasteiger partial charge in [0.1, 0.15) is 5.54 Å². The fourth-order valence-corrected chi connectivity index (χ4v) is 2.51. The van der Waals surface area contributed by atoms with Crippen molar-refractivity contribution in [1.82, 2.24) is 10.6 Å². The Bertz CT molecular complexity index is 324. The minimum Gasteiger partial charge on any atom is -0.480 e. The van der Waals surface area contributed by atoms with E-state index in [9.17, 15) is 14.7 Å². The molecule has 18 heavy (non-hydrogen) atoms. The van der Waals surface area contributed by atoms with Gasteiger partial charge in [-0.25, -0.2) is 4.79 Å². The molecule has 1 heterocycles. The third kappa shape index (κ3) is 2.83. The Balaban J connectivity index is 2.81. The monoisotopic (exact) mass is 256 g/mol. The van der Waals surface area contributed by atoms with Crippen LogP contribution < -0.4 is 10.6 Å². The van der Waals surface area contributed by atoms with Crippen LogP contribution in [-0.4, -0.2) is 35.6 Å². The molecule has 1 fully saturated rings. The van der Waals surface area contributed by atoms with Gasteiger partial charge in [-0.05, 0) is 32.7 Å². The Hall–Kier alpha value is -1.10. The average Bonchev–Trinajstić information content (AvgIpc) is 2.78. The zero-order valence-corrected chi connectivity index (χ0v) is 11.5. The molecular formula is C13H24N2O3. The normalized spacial score (nSPS) is 26.6. The van der Waals surface area contributed by atoms with Crippen molar-refractivity contribution in [2.45, 2.75) is 52.0 Å². The summed E-state index contributed by atoms with van der Waals surface area (Å²) in [4.78, 5) is 23.7. The summed E-state index contributed by atoms with van der Waals surface area (Å²) in [7, 11) is 0. The van der Waals surface area contributed by atoms with Crippen LogP contribution in [-0.2, 0) is 9.59 Å². The molecule has 0 aromatic carbocycles. The fraction of sp³-hybridized carbons (Fsp3) is 0.846. The van der Waals surface area contributed by atoms with Gasteiger partial charge in [-0.15, -0.1) is 0 Å². The third-order valence-electron chi connectivity index (χ3n) is 4.01. The Morgan fingerprint density at radius 3 is 2.50 bits per heavy atom. The molecular weight excluding hydrogens is 232 g/mol. The number of aliphatic carboxylic acids is 1. The molecule has 1 saturated heterocycles. The van der Waals surface area contributed by atoms with Gasteiger partial charge in [-0.2, -0.15) is 0 Å². The van der Waals surface area contributed by atoms with E-state index in [1.165, 1.54) is 0 Å². The highest BCUT2D eigenvalue weighted by Crippen LogP contribution is 2.30. The van der Waals surface area contributed by atoms with Crippen molar-refractivity contribution >= 4 is 11.9 Å². The van der Waals surface area contributed by atoms with Crippen molar-refractivity contribution in [3.05, 3.63) is 0 Å². The van der Waals surface area contributed by atoms with Gasteiger partial charge in [-0.3, -0.25) is 4.79 Å². The van der Waals surface area contributed by atoms with E-state index in [0.29, 0.717) is 13.0 Å². The first-order chi connectivity index (χ1) is 8.40. The molecule has 1 aliphatic rings. The first kappa shape index (κ1) is 15.0. The van der Waals surface area contributed by atoms with Crippen molar-refractivity contribution in [3.63, 3.8) is 0 Å². The van der Waals surface area contributed by atoms with Gasteiger partial charge in [-0.1, -0.05) is 20.3 Å². The Morgan fingerprint density at radius 2 is 2.11 bits per heavy atom. The number of carboxylic acid groups (broad SMARTS) is 1. The number of carbonyl (C=O) groups excluding carboxylic acids is 1. The Morgan fingerprint density at radius 1 is 1.44 bits per heavy atom. The third-order valence-corrected chi connectivity index (χ3v) is 4.01. The second kappa shape index (κ2) is 5.69. The molecule has 0 bridgehead atoms. The lowest BCUT2D eigenvalue weighted by atomic mass is 9.82. The van der Waals surface area contributed by atoms with Gasteiger partial charge in [0.15, 0.2) is 0 Å². The van der Waals surface area contributed by atoms with E-state index in [-0.39, 0.29) is 5.91 Å². The fourth-order valence-electron chi connectivity index (χ4n) is 2.51. The molecule has 2 unspecified atom stereocenters. The van der Waals surface area contributed by atoms with Crippen LogP contribution in [0.2, 0.25) is 0 Å². The standard InChI is InChI=1S/C13H24N2O3/c1-4-6-12(3,11(17)18)15-10(16)13(5-2)7-8-14-9-13/h14H,4-9H2,1-3H3,(H,15,16)(H,17,18). The van der Waals surface area contributed by atoms with E-state index < -0.39 is 16.9 Å². The molecule has 2 atom stereocenters. The van der Waals surface area contributed by atoms with Crippen LogP contribution >= 0.6 is 0 Å². The maximum Gasteiger partial charge on any atom is 0.329 e. The molecule has 0 saturated carbocycles. The van der Waals surface area contributed by atoms with Crippen molar-refractivity contribution in [3.8, 4) is 0 Å². The topological polar surface area (TPSA) is 78.4 Å². The van der Waals surface area contributed by atoms with Gasteiger partial charge >= 0.3 is 5.97 Å². The quantitative estimate of drug-likeness (QED) is 0.666. The van der Waals surface area contributed by atoms with E-state index in [1.54, 1.807) is 6.92 Å². The van der Waals surface area contributed by atoms with Crippen LogP contribution in [0.1, 0.15) is 46.5 Å². The lowest BCUT2D eigenvalue weighted by Crippen LogP contribution is -2.56. The molecule has 0 radical (unpaired) electrons. The Labute approximate surface area is 108 Å². The second-order valence-corrected chi connectivity index (χ2v) is 5.40. The lowest BCUT2D eigenvalue weighted by molar-refractivity contribution is -0.149. The van der Waals surface area contributed by atoms with E-state index in [2.05, 4.69) is 10.6 Å². The minimum absolute atomic E-state index is 0.131. The summed E-state index contributed by atoms with van der Waals surface area (Å²) in [6.07, 6.45) is 2.67. The number of nitrogens with one attached hydrogen (secondary N) is 2. The summed E-state index contributed by atoms with van der Waals surface area (Å²) < 4.78 is 0. The van der Waals surface area contributed by atoms with Crippen LogP contribution in [0.5, 0.6) is 0 Å². The predicted molar refractivity (Wildman–Crippen MR) is 69.3 cm³/mol. The van der Waals surface area contributed by atoms with Crippen molar-refractivity contribution in [1.29, 1.82) is 0 Å². The summed E-state index contributed by atoms with van der Waals surface area (Å²) in [5, 5.41) is 15.2. The van der Waals surface area contributed by atoms with Gasteiger partial charge in [0, 0.05) is 6.54 Å². The van der Waals surface area contributed by atoms with Gasteiger partial charge < -0.3 is 15.7 Å². The molecule has 0 aromatic heterocycles. The van der Waals surface area contributed by atoms with Gasteiger partial charge in [0.25, 0.3) is 0 Å². The average molecular weight is 256 g/mol. The molecule has 5 heteroatoms. The van der Waals surface area contributed by atoms with E-state index in [0.717, 1.165) is 25.8 Å². The minimum atomic E-state index is -1.16. The van der Waals surface area contributed by atoms with Crippen LogP contribution in [0.3, 0.4) is 0 Å². The summed E-state index contributed by atoms with van der Waals surface area (Å²) in [6.45, 7) is 6.93. The summed E-state index contributed by atoms with van der Waals surface area (Å²) in [5.41, 5.74) is -1.60. The van der Waals surface area contributed by atoms with Crippen molar-refractivity contribution in [2.24, 2.45) is 5.41 Å². The lowest BCUT2D eigenvalue weighted by Gasteiger charge is -2.32. The highest BCUT2D eigenvalue weighted by molar-refractivity contribution is 5.90. The predicted octanol–water partition coefficient (Wildman–Crippen LogP) is 1.14. The van der Waals surface area contributed by atoms with Crippen LogP contribution in [0.4, 0.5) is 0 Å². The molecule has 104 valence electrons. The smallest absolute Gasteiger partial charge is 0.329 e. The number of amides is 1. The number of carboxylic acids is 1. The van der Waals surface area contributed by atoms with Crippen molar-refractivity contribution in [2.75, 3.05) is 13.1 Å². The van der Waals surface area contributed by atoms with Gasteiger partial charge in [0.05, 0.1) is 5.41 Å². The molecule has 1 amide bonds. The maximum atomic E-state index is 12.4. The molecule has 0 aromatic rings. The zero-order chi connectivity index (χ0) is 13.8.